The van der Waals surface area contributed by atoms with Crippen molar-refractivity contribution in [2.75, 3.05) is 0 Å². The zero-order chi connectivity index (χ0) is 17.8. The van der Waals surface area contributed by atoms with Gasteiger partial charge in [-0.15, -0.1) is 0 Å². The van der Waals surface area contributed by atoms with E-state index in [0.717, 1.165) is 35.6 Å². The zero-order valence-electron chi connectivity index (χ0n) is 14.6. The molecule has 0 aliphatic carbocycles. The van der Waals surface area contributed by atoms with Gasteiger partial charge in [0.1, 0.15) is 0 Å². The molecule has 130 valence electrons. The second-order valence-corrected chi connectivity index (χ2v) is 6.14. The van der Waals surface area contributed by atoms with Gasteiger partial charge in [-0.1, -0.05) is 12.1 Å². The van der Waals surface area contributed by atoms with Crippen molar-refractivity contribution in [3.05, 3.63) is 84.6 Å². The van der Waals surface area contributed by atoms with E-state index in [2.05, 4.69) is 51.0 Å². The summed E-state index contributed by atoms with van der Waals surface area (Å²) in [5.74, 6) is 0. The lowest BCUT2D eigenvalue weighted by Gasteiger charge is -2.07. The van der Waals surface area contributed by atoms with E-state index in [1.54, 1.807) is 12.4 Å². The normalized spacial score (nSPS) is 11.0. The molecule has 0 aliphatic heterocycles. The van der Waals surface area contributed by atoms with Gasteiger partial charge in [0.05, 0.1) is 11.4 Å². The molecule has 6 heteroatoms. The maximum atomic E-state index is 4.57. The molecule has 0 amide bonds. The van der Waals surface area contributed by atoms with Gasteiger partial charge in [-0.2, -0.15) is 10.2 Å². The third kappa shape index (κ3) is 3.55. The predicted molar refractivity (Wildman–Crippen MR) is 101 cm³/mol. The summed E-state index contributed by atoms with van der Waals surface area (Å²) in [5, 5.41) is 12.3. The fourth-order valence-electron chi connectivity index (χ4n) is 2.94. The minimum absolute atomic E-state index is 0.749. The number of pyridine rings is 1. The van der Waals surface area contributed by atoms with Crippen LogP contribution in [0.3, 0.4) is 0 Å². The first kappa shape index (κ1) is 16.2. The quantitative estimate of drug-likeness (QED) is 0.584. The van der Waals surface area contributed by atoms with Gasteiger partial charge in [0.2, 0.25) is 0 Å². The number of nitrogens with zero attached hydrogens (tertiary/aromatic N) is 5. The molecule has 0 atom stereocenters. The second kappa shape index (κ2) is 7.33. The predicted octanol–water partition coefficient (Wildman–Crippen LogP) is 2.96. The molecule has 0 spiro atoms. The number of hydrogen-bond donors (Lipinski definition) is 1. The van der Waals surface area contributed by atoms with Crippen LogP contribution in [0, 0.1) is 0 Å². The molecule has 0 radical (unpaired) electrons. The zero-order valence-corrected chi connectivity index (χ0v) is 14.6. The van der Waals surface area contributed by atoms with Crippen molar-refractivity contribution in [1.82, 2.24) is 29.9 Å². The number of aromatic nitrogens is 5. The molecule has 0 bridgehead atoms. The number of aryl methyl sites for hydroxylation is 1. The Hall–Kier alpha value is -3.25. The molecule has 6 nitrogen and oxygen atoms in total. The summed E-state index contributed by atoms with van der Waals surface area (Å²) < 4.78 is 3.70. The monoisotopic (exact) mass is 344 g/mol. The van der Waals surface area contributed by atoms with Crippen molar-refractivity contribution in [1.29, 1.82) is 0 Å². The highest BCUT2D eigenvalue weighted by Crippen LogP contribution is 2.20. The first-order valence-electron chi connectivity index (χ1n) is 8.52. The van der Waals surface area contributed by atoms with Crippen molar-refractivity contribution in [3.63, 3.8) is 0 Å². The summed E-state index contributed by atoms with van der Waals surface area (Å²) in [5.41, 5.74) is 5.46. The molecule has 3 aromatic heterocycles. The Bertz CT molecular complexity index is 955. The van der Waals surface area contributed by atoms with Gasteiger partial charge in [-0.3, -0.25) is 9.67 Å². The minimum atomic E-state index is 0.749. The molecule has 1 N–H and O–H groups in total. The molecule has 0 saturated heterocycles. The van der Waals surface area contributed by atoms with Crippen molar-refractivity contribution in [2.45, 2.75) is 13.1 Å². The van der Waals surface area contributed by atoms with E-state index >= 15 is 0 Å². The van der Waals surface area contributed by atoms with Gasteiger partial charge in [-0.05, 0) is 35.9 Å². The fourth-order valence-corrected chi connectivity index (χ4v) is 2.94. The van der Waals surface area contributed by atoms with Gasteiger partial charge in [0.15, 0.2) is 0 Å². The van der Waals surface area contributed by atoms with E-state index in [1.165, 1.54) is 5.56 Å². The molecule has 4 aromatic rings. The van der Waals surface area contributed by atoms with Crippen LogP contribution in [0.5, 0.6) is 0 Å². The van der Waals surface area contributed by atoms with Crippen LogP contribution in [0.1, 0.15) is 11.1 Å². The Kier molecular flexibility index (Phi) is 4.57. The van der Waals surface area contributed by atoms with Gasteiger partial charge in [0, 0.05) is 62.2 Å². The van der Waals surface area contributed by atoms with Gasteiger partial charge >= 0.3 is 0 Å². The van der Waals surface area contributed by atoms with E-state index < -0.39 is 0 Å². The highest BCUT2D eigenvalue weighted by Gasteiger charge is 2.10. The number of rotatable bonds is 6. The lowest BCUT2D eigenvalue weighted by Crippen LogP contribution is -2.13. The average molecular weight is 344 g/mol. The van der Waals surface area contributed by atoms with E-state index in [-0.39, 0.29) is 0 Å². The molecule has 0 aliphatic rings. The van der Waals surface area contributed by atoms with Crippen molar-refractivity contribution in [2.24, 2.45) is 7.05 Å². The van der Waals surface area contributed by atoms with Crippen molar-refractivity contribution >= 4 is 0 Å². The molecular weight excluding hydrogens is 324 g/mol. The summed E-state index contributed by atoms with van der Waals surface area (Å²) in [6.45, 7) is 1.54. The Labute approximate surface area is 152 Å². The number of hydrogen-bond acceptors (Lipinski definition) is 4. The van der Waals surface area contributed by atoms with Crippen molar-refractivity contribution < 1.29 is 0 Å². The topological polar surface area (TPSA) is 60.6 Å². The van der Waals surface area contributed by atoms with E-state index in [9.17, 15) is 0 Å². The lowest BCUT2D eigenvalue weighted by molar-refractivity contribution is 0.692. The maximum absolute atomic E-state index is 4.57. The number of nitrogens with one attached hydrogen (secondary N) is 1. The van der Waals surface area contributed by atoms with Crippen LogP contribution in [-0.2, 0) is 20.1 Å². The van der Waals surface area contributed by atoms with Gasteiger partial charge < -0.3 is 5.32 Å². The number of benzene rings is 1. The molecule has 3 heterocycles. The Balaban J connectivity index is 1.41. The lowest BCUT2D eigenvalue weighted by atomic mass is 10.1. The van der Waals surface area contributed by atoms with Gasteiger partial charge in [0.25, 0.3) is 0 Å². The summed E-state index contributed by atoms with van der Waals surface area (Å²) in [6, 6.07) is 14.3. The van der Waals surface area contributed by atoms with Crippen molar-refractivity contribution in [3.8, 4) is 16.9 Å². The molecular formula is C20H20N6. The van der Waals surface area contributed by atoms with Gasteiger partial charge in [-0.25, -0.2) is 4.68 Å². The Morgan fingerprint density at radius 2 is 1.88 bits per heavy atom. The molecule has 0 fully saturated rings. The van der Waals surface area contributed by atoms with Crippen LogP contribution in [0.2, 0.25) is 0 Å². The SMILES string of the molecule is Cn1cc(CNCc2ccc(-n3cccn3)cc2)c(-c2cccnc2)n1. The summed E-state index contributed by atoms with van der Waals surface area (Å²) in [6.07, 6.45) is 9.39. The maximum Gasteiger partial charge on any atom is 0.0983 e. The molecule has 26 heavy (non-hydrogen) atoms. The molecule has 1 aromatic carbocycles. The smallest absolute Gasteiger partial charge is 0.0983 e. The largest absolute Gasteiger partial charge is 0.308 e. The van der Waals surface area contributed by atoms with E-state index in [1.807, 2.05) is 47.0 Å². The second-order valence-electron chi connectivity index (χ2n) is 6.14. The molecule has 0 saturated carbocycles. The van der Waals surface area contributed by atoms with Crippen LogP contribution in [0.25, 0.3) is 16.9 Å². The summed E-state index contributed by atoms with van der Waals surface area (Å²) in [4.78, 5) is 4.19. The van der Waals surface area contributed by atoms with Crippen LogP contribution >= 0.6 is 0 Å². The Morgan fingerprint density at radius 3 is 2.62 bits per heavy atom. The fraction of sp³-hybridized carbons (Fsp3) is 0.150. The van der Waals surface area contributed by atoms with Crippen LogP contribution < -0.4 is 5.32 Å². The first-order chi connectivity index (χ1) is 12.8. The standard InChI is InChI=1S/C20H20N6/c1-25-15-18(20(24-25)17-4-2-9-21-13-17)14-22-12-16-5-7-19(8-6-16)26-11-3-10-23-26/h2-11,13,15,22H,12,14H2,1H3. The summed E-state index contributed by atoms with van der Waals surface area (Å²) in [7, 11) is 1.94. The highest BCUT2D eigenvalue weighted by atomic mass is 15.3. The van der Waals surface area contributed by atoms with Crippen LogP contribution in [-0.4, -0.2) is 24.5 Å². The van der Waals surface area contributed by atoms with Crippen LogP contribution in [0.4, 0.5) is 0 Å². The average Bonchev–Trinajstić information content (AvgIpc) is 3.33. The summed E-state index contributed by atoms with van der Waals surface area (Å²) >= 11 is 0. The van der Waals surface area contributed by atoms with E-state index in [4.69, 9.17) is 0 Å². The van der Waals surface area contributed by atoms with E-state index in [0.29, 0.717) is 0 Å². The third-order valence-corrected chi connectivity index (χ3v) is 4.19. The highest BCUT2D eigenvalue weighted by molar-refractivity contribution is 5.61. The molecule has 0 unspecified atom stereocenters. The Morgan fingerprint density at radius 1 is 1.00 bits per heavy atom. The third-order valence-electron chi connectivity index (χ3n) is 4.19. The minimum Gasteiger partial charge on any atom is -0.308 e. The molecule has 4 rings (SSSR count). The van der Waals surface area contributed by atoms with Crippen LogP contribution in [0.15, 0.2) is 73.4 Å². The first-order valence-corrected chi connectivity index (χ1v) is 8.52.